The molecule has 1 saturated carbocycles. The van der Waals surface area contributed by atoms with Gasteiger partial charge in [0, 0.05) is 24.6 Å². The van der Waals surface area contributed by atoms with Gasteiger partial charge in [-0.25, -0.2) is 9.69 Å². The number of amides is 3. The number of Topliss-reactive ketones (excluding diaryl/α,β-unsaturated/α-hetero) is 1. The van der Waals surface area contributed by atoms with E-state index in [2.05, 4.69) is 10.2 Å². The first-order chi connectivity index (χ1) is 12.5. The molecule has 1 aromatic rings. The number of piperidine rings is 1. The molecule has 1 atom stereocenters. The molecule has 4 rings (SSSR count). The first kappa shape index (κ1) is 17.2. The monoisotopic (exact) mass is 355 g/mol. The van der Waals surface area contributed by atoms with E-state index in [9.17, 15) is 14.4 Å². The van der Waals surface area contributed by atoms with Gasteiger partial charge in [0.15, 0.2) is 5.78 Å². The largest absolute Gasteiger partial charge is 0.326 e. The molecule has 3 fully saturated rings. The summed E-state index contributed by atoms with van der Waals surface area (Å²) in [7, 11) is 0. The molecule has 1 N–H and O–H groups in total. The molecule has 2 heterocycles. The number of rotatable bonds is 5. The predicted molar refractivity (Wildman–Crippen MR) is 96.4 cm³/mol. The Morgan fingerprint density at radius 1 is 1.12 bits per heavy atom. The highest BCUT2D eigenvalue weighted by atomic mass is 16.2. The van der Waals surface area contributed by atoms with E-state index in [1.807, 2.05) is 37.3 Å². The van der Waals surface area contributed by atoms with Gasteiger partial charge in [-0.3, -0.25) is 14.5 Å². The van der Waals surface area contributed by atoms with Crippen molar-refractivity contribution in [1.29, 1.82) is 0 Å². The van der Waals surface area contributed by atoms with E-state index in [0.29, 0.717) is 6.67 Å². The lowest BCUT2D eigenvalue weighted by Gasteiger charge is -2.33. The maximum atomic E-state index is 12.7. The van der Waals surface area contributed by atoms with Crippen LogP contribution in [0.15, 0.2) is 30.3 Å². The lowest BCUT2D eigenvalue weighted by atomic mass is 9.89. The Morgan fingerprint density at radius 3 is 2.38 bits per heavy atom. The van der Waals surface area contributed by atoms with Crippen LogP contribution >= 0.6 is 0 Å². The molecule has 0 radical (unpaired) electrons. The number of nitrogens with one attached hydrogen (secondary N) is 1. The van der Waals surface area contributed by atoms with Crippen LogP contribution in [-0.4, -0.2) is 52.8 Å². The highest BCUT2D eigenvalue weighted by molar-refractivity contribution is 6.07. The van der Waals surface area contributed by atoms with Crippen molar-refractivity contribution in [3.63, 3.8) is 0 Å². The first-order valence-corrected chi connectivity index (χ1v) is 9.45. The molecule has 0 aromatic heterocycles. The molecule has 138 valence electrons. The summed E-state index contributed by atoms with van der Waals surface area (Å²) >= 11 is 0. The van der Waals surface area contributed by atoms with Crippen molar-refractivity contribution in [3.05, 3.63) is 35.9 Å². The summed E-state index contributed by atoms with van der Waals surface area (Å²) in [5.41, 5.74) is 0.0406. The number of hydrogen-bond acceptors (Lipinski definition) is 4. The molecule has 3 amide bonds. The Bertz CT molecular complexity index is 723. The van der Waals surface area contributed by atoms with E-state index in [-0.39, 0.29) is 29.6 Å². The van der Waals surface area contributed by atoms with Gasteiger partial charge in [0.1, 0.15) is 5.54 Å². The maximum Gasteiger partial charge on any atom is 0.326 e. The van der Waals surface area contributed by atoms with Crippen LogP contribution in [0.4, 0.5) is 4.79 Å². The fourth-order valence-electron chi connectivity index (χ4n) is 4.16. The highest BCUT2D eigenvalue weighted by Gasteiger charge is 2.56. The van der Waals surface area contributed by atoms with Gasteiger partial charge in [-0.2, -0.15) is 0 Å². The maximum absolute atomic E-state index is 12.7. The van der Waals surface area contributed by atoms with Crippen LogP contribution in [0.25, 0.3) is 0 Å². The molecule has 6 heteroatoms. The fraction of sp³-hybridized carbons (Fsp3) is 0.550. The summed E-state index contributed by atoms with van der Waals surface area (Å²) in [6.45, 7) is 3.61. The van der Waals surface area contributed by atoms with E-state index >= 15 is 0 Å². The third-order valence-corrected chi connectivity index (χ3v) is 6.05. The molecule has 3 aliphatic rings. The first-order valence-electron chi connectivity index (χ1n) is 9.45. The zero-order valence-electron chi connectivity index (χ0n) is 15.1. The van der Waals surface area contributed by atoms with E-state index in [0.717, 1.165) is 44.3 Å². The van der Waals surface area contributed by atoms with Crippen LogP contribution in [-0.2, 0) is 4.79 Å². The molecule has 1 aliphatic carbocycles. The van der Waals surface area contributed by atoms with Crippen molar-refractivity contribution in [2.24, 2.45) is 11.8 Å². The second-order valence-corrected chi connectivity index (χ2v) is 7.90. The fourth-order valence-corrected chi connectivity index (χ4v) is 4.16. The topological polar surface area (TPSA) is 69.7 Å². The minimum atomic E-state index is -0.724. The van der Waals surface area contributed by atoms with Crippen molar-refractivity contribution in [3.8, 4) is 0 Å². The zero-order valence-corrected chi connectivity index (χ0v) is 15.1. The van der Waals surface area contributed by atoms with Crippen molar-refractivity contribution in [2.45, 2.75) is 38.1 Å². The van der Waals surface area contributed by atoms with Crippen LogP contribution in [0.1, 0.15) is 43.0 Å². The lowest BCUT2D eigenvalue weighted by molar-refractivity contribution is -0.133. The van der Waals surface area contributed by atoms with Crippen molar-refractivity contribution in [1.82, 2.24) is 15.1 Å². The second-order valence-electron chi connectivity index (χ2n) is 7.90. The number of carbonyl (C=O) groups excluding carboxylic acids is 3. The molecule has 2 aliphatic heterocycles. The number of nitrogens with zero attached hydrogens (tertiary/aromatic N) is 2. The average molecular weight is 355 g/mol. The minimum absolute atomic E-state index is 0.0217. The summed E-state index contributed by atoms with van der Waals surface area (Å²) in [4.78, 5) is 41.0. The Morgan fingerprint density at radius 2 is 1.77 bits per heavy atom. The Balaban J connectivity index is 1.33. The zero-order chi connectivity index (χ0) is 18.3. The molecule has 2 saturated heterocycles. The standard InChI is InChI=1S/C20H25N3O3/c1-20(16-7-8-16)18(25)23(19(26)21-20)13-22-11-9-15(10-12-22)17(24)14-5-3-2-4-6-14/h2-6,15-16H,7-13H2,1H3,(H,21,26). The van der Waals surface area contributed by atoms with E-state index in [1.54, 1.807) is 0 Å². The van der Waals surface area contributed by atoms with Gasteiger partial charge in [0.05, 0.1) is 6.67 Å². The third kappa shape index (κ3) is 3.03. The van der Waals surface area contributed by atoms with E-state index in [4.69, 9.17) is 0 Å². The van der Waals surface area contributed by atoms with Crippen LogP contribution in [0.5, 0.6) is 0 Å². The summed E-state index contributed by atoms with van der Waals surface area (Å²) in [6.07, 6.45) is 3.53. The molecule has 0 spiro atoms. The molecule has 26 heavy (non-hydrogen) atoms. The SMILES string of the molecule is CC1(C2CC2)NC(=O)N(CN2CCC(C(=O)c3ccccc3)CC2)C1=O. The number of hydrogen-bond donors (Lipinski definition) is 1. The number of urea groups is 1. The average Bonchev–Trinajstić information content (AvgIpc) is 3.49. The van der Waals surface area contributed by atoms with Crippen LogP contribution < -0.4 is 5.32 Å². The van der Waals surface area contributed by atoms with Crippen LogP contribution in [0.3, 0.4) is 0 Å². The summed E-state index contributed by atoms with van der Waals surface area (Å²) in [6, 6.07) is 9.12. The Labute approximate surface area is 153 Å². The number of imide groups is 1. The Kier molecular flexibility index (Phi) is 4.31. The van der Waals surface area contributed by atoms with Gasteiger partial charge in [0.2, 0.25) is 0 Å². The normalized spacial score (nSPS) is 27.7. The molecule has 1 aromatic carbocycles. The lowest BCUT2D eigenvalue weighted by Crippen LogP contribution is -2.48. The van der Waals surface area contributed by atoms with Crippen molar-refractivity contribution in [2.75, 3.05) is 19.8 Å². The van der Waals surface area contributed by atoms with Crippen molar-refractivity contribution >= 4 is 17.7 Å². The summed E-state index contributed by atoms with van der Waals surface area (Å²) in [5, 5.41) is 2.89. The van der Waals surface area contributed by atoms with Crippen LogP contribution in [0.2, 0.25) is 0 Å². The second kappa shape index (κ2) is 6.50. The smallest absolute Gasteiger partial charge is 0.323 e. The number of carbonyl (C=O) groups is 3. The molecule has 6 nitrogen and oxygen atoms in total. The van der Waals surface area contributed by atoms with Crippen LogP contribution in [0, 0.1) is 11.8 Å². The summed E-state index contributed by atoms with van der Waals surface area (Å²) in [5.74, 6) is 0.390. The third-order valence-electron chi connectivity index (χ3n) is 6.05. The number of likely N-dealkylation sites (tertiary alicyclic amines) is 1. The van der Waals surface area contributed by atoms with Crippen molar-refractivity contribution < 1.29 is 14.4 Å². The number of benzene rings is 1. The van der Waals surface area contributed by atoms with E-state index in [1.165, 1.54) is 4.90 Å². The molecule has 1 unspecified atom stereocenters. The molecule has 0 bridgehead atoms. The van der Waals surface area contributed by atoms with Gasteiger partial charge in [-0.15, -0.1) is 0 Å². The summed E-state index contributed by atoms with van der Waals surface area (Å²) < 4.78 is 0. The number of ketones is 1. The van der Waals surface area contributed by atoms with Gasteiger partial charge < -0.3 is 5.32 Å². The molecular formula is C20H25N3O3. The Hall–Kier alpha value is -2.21. The molecular weight excluding hydrogens is 330 g/mol. The predicted octanol–water partition coefficient (Wildman–Crippen LogP) is 2.26. The van der Waals surface area contributed by atoms with Gasteiger partial charge in [-0.05, 0) is 38.5 Å². The minimum Gasteiger partial charge on any atom is -0.323 e. The van der Waals surface area contributed by atoms with Gasteiger partial charge >= 0.3 is 6.03 Å². The van der Waals surface area contributed by atoms with Gasteiger partial charge in [0.25, 0.3) is 5.91 Å². The highest BCUT2D eigenvalue weighted by Crippen LogP contribution is 2.42. The van der Waals surface area contributed by atoms with E-state index < -0.39 is 5.54 Å². The van der Waals surface area contributed by atoms with Gasteiger partial charge in [-0.1, -0.05) is 30.3 Å². The quantitative estimate of drug-likeness (QED) is 0.650.